The SMILES string of the molecule is CC[C@H](C)[C@H](N)C(=O)N[C@@H](Cc1ccccc1)C(=O)N[C@@H](Cc1ccccc1)C(=O)O. The molecule has 0 bridgehead atoms. The minimum atomic E-state index is -1.14. The van der Waals surface area contributed by atoms with Crippen molar-refractivity contribution in [2.45, 2.75) is 51.2 Å². The van der Waals surface area contributed by atoms with Crippen molar-refractivity contribution in [2.75, 3.05) is 0 Å². The smallest absolute Gasteiger partial charge is 0.326 e. The van der Waals surface area contributed by atoms with Gasteiger partial charge in [0.25, 0.3) is 0 Å². The Balaban J connectivity index is 2.17. The molecule has 0 fully saturated rings. The van der Waals surface area contributed by atoms with Crippen LogP contribution >= 0.6 is 0 Å². The van der Waals surface area contributed by atoms with Crippen LogP contribution in [-0.2, 0) is 27.2 Å². The largest absolute Gasteiger partial charge is 0.480 e. The van der Waals surface area contributed by atoms with Crippen LogP contribution in [0.5, 0.6) is 0 Å². The molecule has 0 aliphatic rings. The Labute approximate surface area is 183 Å². The standard InChI is InChI=1S/C24H31N3O4/c1-3-16(2)21(25)23(29)26-19(14-17-10-6-4-7-11-17)22(28)27-20(24(30)31)15-18-12-8-5-9-13-18/h4-13,16,19-21H,3,14-15,25H2,1-2H3,(H,26,29)(H,27,28)(H,30,31)/t16-,19-,20-,21-/m0/s1. The average molecular weight is 426 g/mol. The lowest BCUT2D eigenvalue weighted by Crippen LogP contribution is -2.56. The van der Waals surface area contributed by atoms with Crippen LogP contribution in [0.1, 0.15) is 31.4 Å². The van der Waals surface area contributed by atoms with Gasteiger partial charge in [-0.15, -0.1) is 0 Å². The fourth-order valence-corrected chi connectivity index (χ4v) is 3.16. The zero-order valence-corrected chi connectivity index (χ0v) is 18.0. The molecule has 31 heavy (non-hydrogen) atoms. The Morgan fingerprint density at radius 3 is 1.74 bits per heavy atom. The topological polar surface area (TPSA) is 122 Å². The van der Waals surface area contributed by atoms with Gasteiger partial charge >= 0.3 is 5.97 Å². The molecule has 2 aromatic rings. The van der Waals surface area contributed by atoms with Gasteiger partial charge in [-0.1, -0.05) is 80.9 Å². The van der Waals surface area contributed by atoms with Gasteiger partial charge in [-0.25, -0.2) is 4.79 Å². The summed E-state index contributed by atoms with van der Waals surface area (Å²) in [4.78, 5) is 37.4. The summed E-state index contributed by atoms with van der Waals surface area (Å²) in [6, 6.07) is 15.5. The molecule has 0 aliphatic carbocycles. The number of carboxylic acid groups (broad SMARTS) is 1. The van der Waals surface area contributed by atoms with E-state index in [0.717, 1.165) is 17.5 Å². The molecule has 4 atom stereocenters. The maximum absolute atomic E-state index is 13.0. The molecule has 166 valence electrons. The molecule has 2 amide bonds. The van der Waals surface area contributed by atoms with Crippen LogP contribution in [-0.4, -0.2) is 41.0 Å². The Bertz CT molecular complexity index is 858. The van der Waals surface area contributed by atoms with Crippen molar-refractivity contribution in [3.8, 4) is 0 Å². The lowest BCUT2D eigenvalue weighted by atomic mass is 9.98. The molecule has 0 spiro atoms. The molecule has 2 aromatic carbocycles. The van der Waals surface area contributed by atoms with E-state index in [4.69, 9.17) is 5.73 Å². The summed E-state index contributed by atoms with van der Waals surface area (Å²) in [5, 5.41) is 14.9. The summed E-state index contributed by atoms with van der Waals surface area (Å²) < 4.78 is 0. The van der Waals surface area contributed by atoms with Crippen LogP contribution in [0.15, 0.2) is 60.7 Å². The first-order valence-corrected chi connectivity index (χ1v) is 10.5. The summed E-state index contributed by atoms with van der Waals surface area (Å²) in [6.07, 6.45) is 1.09. The Kier molecular flexibility index (Phi) is 9.21. The predicted octanol–water partition coefficient (Wildman–Crippen LogP) is 1.90. The molecular weight excluding hydrogens is 394 g/mol. The van der Waals surface area contributed by atoms with Crippen LogP contribution in [0.2, 0.25) is 0 Å². The van der Waals surface area contributed by atoms with E-state index < -0.39 is 35.9 Å². The highest BCUT2D eigenvalue weighted by Crippen LogP contribution is 2.09. The van der Waals surface area contributed by atoms with Crippen molar-refractivity contribution in [1.29, 1.82) is 0 Å². The molecule has 0 saturated heterocycles. The highest BCUT2D eigenvalue weighted by molar-refractivity contribution is 5.92. The van der Waals surface area contributed by atoms with Gasteiger partial charge in [-0.3, -0.25) is 9.59 Å². The number of carbonyl (C=O) groups is 3. The fraction of sp³-hybridized carbons (Fsp3) is 0.375. The molecule has 0 unspecified atom stereocenters. The molecule has 7 heteroatoms. The first kappa shape index (κ1) is 24.1. The van der Waals surface area contributed by atoms with E-state index in [0.29, 0.717) is 0 Å². The van der Waals surface area contributed by atoms with Gasteiger partial charge in [-0.05, 0) is 17.0 Å². The number of nitrogens with one attached hydrogen (secondary N) is 2. The van der Waals surface area contributed by atoms with E-state index in [-0.39, 0.29) is 18.8 Å². The maximum atomic E-state index is 13.0. The first-order chi connectivity index (χ1) is 14.8. The molecular formula is C24H31N3O4. The Hall–Kier alpha value is -3.19. The lowest BCUT2D eigenvalue weighted by Gasteiger charge is -2.24. The van der Waals surface area contributed by atoms with Crippen molar-refractivity contribution in [3.63, 3.8) is 0 Å². The Morgan fingerprint density at radius 2 is 1.29 bits per heavy atom. The molecule has 2 rings (SSSR count). The summed E-state index contributed by atoms with van der Waals surface area (Å²) in [5.74, 6) is -2.18. The number of amides is 2. The van der Waals surface area contributed by atoms with Gasteiger partial charge < -0.3 is 21.5 Å². The van der Waals surface area contributed by atoms with Crippen LogP contribution in [0, 0.1) is 5.92 Å². The van der Waals surface area contributed by atoms with Gasteiger partial charge in [0.15, 0.2) is 0 Å². The third-order valence-corrected chi connectivity index (χ3v) is 5.37. The molecule has 0 heterocycles. The van der Waals surface area contributed by atoms with Crippen LogP contribution < -0.4 is 16.4 Å². The Morgan fingerprint density at radius 1 is 0.839 bits per heavy atom. The number of hydrogen-bond donors (Lipinski definition) is 4. The third kappa shape index (κ3) is 7.53. The van der Waals surface area contributed by atoms with E-state index in [1.807, 2.05) is 62.4 Å². The molecule has 0 aliphatic heterocycles. The number of rotatable bonds is 11. The highest BCUT2D eigenvalue weighted by Gasteiger charge is 2.29. The van der Waals surface area contributed by atoms with Gasteiger partial charge in [0, 0.05) is 12.8 Å². The number of carbonyl (C=O) groups excluding carboxylic acids is 2. The highest BCUT2D eigenvalue weighted by atomic mass is 16.4. The van der Waals surface area contributed by atoms with E-state index in [9.17, 15) is 19.5 Å². The lowest BCUT2D eigenvalue weighted by molar-refractivity contribution is -0.142. The summed E-state index contributed by atoms with van der Waals surface area (Å²) in [5.41, 5.74) is 7.66. The first-order valence-electron chi connectivity index (χ1n) is 10.5. The van der Waals surface area contributed by atoms with Gasteiger partial charge in [-0.2, -0.15) is 0 Å². The third-order valence-electron chi connectivity index (χ3n) is 5.37. The predicted molar refractivity (Wildman–Crippen MR) is 119 cm³/mol. The summed E-state index contributed by atoms with van der Waals surface area (Å²) in [7, 11) is 0. The second-order valence-electron chi connectivity index (χ2n) is 7.75. The minimum Gasteiger partial charge on any atom is -0.480 e. The fourth-order valence-electron chi connectivity index (χ4n) is 3.16. The van der Waals surface area contributed by atoms with E-state index >= 15 is 0 Å². The van der Waals surface area contributed by atoms with Crippen molar-refractivity contribution in [2.24, 2.45) is 11.7 Å². The summed E-state index contributed by atoms with van der Waals surface area (Å²) >= 11 is 0. The van der Waals surface area contributed by atoms with Crippen LogP contribution in [0.25, 0.3) is 0 Å². The average Bonchev–Trinajstić information content (AvgIpc) is 2.78. The number of carboxylic acids is 1. The number of hydrogen-bond acceptors (Lipinski definition) is 4. The number of nitrogens with two attached hydrogens (primary N) is 1. The van der Waals surface area contributed by atoms with Crippen LogP contribution in [0.3, 0.4) is 0 Å². The van der Waals surface area contributed by atoms with Crippen LogP contribution in [0.4, 0.5) is 0 Å². The monoisotopic (exact) mass is 425 g/mol. The van der Waals surface area contributed by atoms with Gasteiger partial charge in [0.05, 0.1) is 6.04 Å². The molecule has 0 aromatic heterocycles. The number of benzene rings is 2. The molecule has 0 saturated carbocycles. The number of aliphatic carboxylic acids is 1. The molecule has 0 radical (unpaired) electrons. The van der Waals surface area contributed by atoms with E-state index in [1.165, 1.54) is 0 Å². The van der Waals surface area contributed by atoms with Crippen molar-refractivity contribution in [1.82, 2.24) is 10.6 Å². The van der Waals surface area contributed by atoms with Gasteiger partial charge in [0.1, 0.15) is 12.1 Å². The van der Waals surface area contributed by atoms with Crippen molar-refractivity contribution >= 4 is 17.8 Å². The normalized spacial score (nSPS) is 14.7. The van der Waals surface area contributed by atoms with Crippen molar-refractivity contribution in [3.05, 3.63) is 71.8 Å². The minimum absolute atomic E-state index is 0.0507. The van der Waals surface area contributed by atoms with E-state index in [1.54, 1.807) is 12.1 Å². The molecule has 5 N–H and O–H groups in total. The van der Waals surface area contributed by atoms with E-state index in [2.05, 4.69) is 10.6 Å². The zero-order chi connectivity index (χ0) is 22.8. The second kappa shape index (κ2) is 11.9. The van der Waals surface area contributed by atoms with Gasteiger partial charge in [0.2, 0.25) is 11.8 Å². The second-order valence-corrected chi connectivity index (χ2v) is 7.75. The maximum Gasteiger partial charge on any atom is 0.326 e. The molecule has 7 nitrogen and oxygen atoms in total. The zero-order valence-electron chi connectivity index (χ0n) is 18.0. The van der Waals surface area contributed by atoms with Crippen molar-refractivity contribution < 1.29 is 19.5 Å². The quantitative estimate of drug-likeness (QED) is 0.438. The summed E-state index contributed by atoms with van der Waals surface area (Å²) in [6.45, 7) is 3.81.